The van der Waals surface area contributed by atoms with E-state index in [0.29, 0.717) is 6.04 Å². The van der Waals surface area contributed by atoms with E-state index in [-0.39, 0.29) is 0 Å². The summed E-state index contributed by atoms with van der Waals surface area (Å²) in [4.78, 5) is 0. The highest BCUT2D eigenvalue weighted by atomic mass is 79.9. The van der Waals surface area contributed by atoms with E-state index in [1.54, 1.807) is 0 Å². The second-order valence-electron chi connectivity index (χ2n) is 4.18. The molecule has 2 N–H and O–H groups in total. The molecule has 0 spiro atoms. The van der Waals surface area contributed by atoms with Crippen LogP contribution in [0.2, 0.25) is 0 Å². The molecule has 1 rings (SSSR count). The molecule has 3 heteroatoms. The maximum absolute atomic E-state index is 3.59. The lowest BCUT2D eigenvalue weighted by molar-refractivity contribution is 0.508. The quantitative estimate of drug-likeness (QED) is 0.840. The van der Waals surface area contributed by atoms with E-state index in [9.17, 15) is 0 Å². The molecule has 16 heavy (non-hydrogen) atoms. The molecule has 2 nitrogen and oxygen atoms in total. The Bertz CT molecular complexity index is 326. The zero-order chi connectivity index (χ0) is 12.0. The highest BCUT2D eigenvalue weighted by molar-refractivity contribution is 9.10. The zero-order valence-corrected chi connectivity index (χ0v) is 11.9. The molecule has 1 atom stereocenters. The largest absolute Gasteiger partial charge is 0.315 e. The molecule has 0 aliphatic heterocycles. The van der Waals surface area contributed by atoms with Crippen LogP contribution in [0.1, 0.15) is 25.0 Å². The third-order valence-electron chi connectivity index (χ3n) is 2.55. The predicted molar refractivity (Wildman–Crippen MR) is 73.7 cm³/mol. The summed E-state index contributed by atoms with van der Waals surface area (Å²) in [6.45, 7) is 9.39. The van der Waals surface area contributed by atoms with E-state index in [1.165, 1.54) is 15.6 Å². The Morgan fingerprint density at radius 1 is 1.38 bits per heavy atom. The third kappa shape index (κ3) is 4.64. The van der Waals surface area contributed by atoms with E-state index >= 15 is 0 Å². The molecule has 1 unspecified atom stereocenters. The average Bonchev–Trinajstić information content (AvgIpc) is 2.25. The van der Waals surface area contributed by atoms with Gasteiger partial charge in [-0.3, -0.25) is 0 Å². The molecule has 0 bridgehead atoms. The molecule has 1 aromatic rings. The number of benzene rings is 1. The molecule has 0 radical (unpaired) electrons. The van der Waals surface area contributed by atoms with E-state index < -0.39 is 0 Å². The number of likely N-dealkylation sites (N-methyl/N-ethyl adjacent to an activating group) is 1. The summed E-state index contributed by atoms with van der Waals surface area (Å²) in [6, 6.07) is 6.97. The molecule has 0 aliphatic carbocycles. The van der Waals surface area contributed by atoms with Gasteiger partial charge in [0.1, 0.15) is 0 Å². The number of nitrogens with one attached hydrogen (secondary N) is 2. The summed E-state index contributed by atoms with van der Waals surface area (Å²) in [5.74, 6) is 0. The van der Waals surface area contributed by atoms with Crippen molar-refractivity contribution in [2.45, 2.75) is 33.4 Å². The van der Waals surface area contributed by atoms with Gasteiger partial charge >= 0.3 is 0 Å². The molecular weight excluding hydrogens is 264 g/mol. The standard InChI is InChI=1S/C13H21BrN2/c1-4-15-8-11(3)16-9-12-6-5-10(2)7-13(12)14/h5-7,11,15-16H,4,8-9H2,1-3H3. The topological polar surface area (TPSA) is 24.1 Å². The van der Waals surface area contributed by atoms with Crippen LogP contribution in [-0.4, -0.2) is 19.1 Å². The van der Waals surface area contributed by atoms with Crippen molar-refractivity contribution in [1.29, 1.82) is 0 Å². The minimum atomic E-state index is 0.494. The molecule has 0 aliphatic rings. The molecule has 0 amide bonds. The first-order valence-electron chi connectivity index (χ1n) is 5.82. The van der Waals surface area contributed by atoms with E-state index in [2.05, 4.69) is 65.5 Å². The first kappa shape index (κ1) is 13.7. The Hall–Kier alpha value is -0.380. The van der Waals surface area contributed by atoms with Gasteiger partial charge in [0.2, 0.25) is 0 Å². The fourth-order valence-electron chi connectivity index (χ4n) is 1.51. The number of aryl methyl sites for hydroxylation is 1. The molecule has 90 valence electrons. The van der Waals surface area contributed by atoms with Crippen LogP contribution >= 0.6 is 15.9 Å². The van der Waals surface area contributed by atoms with Crippen molar-refractivity contribution in [1.82, 2.24) is 10.6 Å². The SMILES string of the molecule is CCNCC(C)NCc1ccc(C)cc1Br. The van der Waals surface area contributed by atoms with Gasteiger partial charge in [-0.2, -0.15) is 0 Å². The van der Waals surface area contributed by atoms with Crippen LogP contribution in [0.5, 0.6) is 0 Å². The first-order chi connectivity index (χ1) is 7.63. The second kappa shape index (κ2) is 7.05. The lowest BCUT2D eigenvalue weighted by Gasteiger charge is -2.15. The zero-order valence-electron chi connectivity index (χ0n) is 10.3. The van der Waals surface area contributed by atoms with Crippen molar-refractivity contribution in [3.8, 4) is 0 Å². The molecule has 0 saturated heterocycles. The monoisotopic (exact) mass is 284 g/mol. The number of hydrogen-bond acceptors (Lipinski definition) is 2. The summed E-state index contributed by atoms with van der Waals surface area (Å²) < 4.78 is 1.19. The van der Waals surface area contributed by atoms with E-state index in [0.717, 1.165) is 19.6 Å². The van der Waals surface area contributed by atoms with Gasteiger partial charge < -0.3 is 10.6 Å². The Morgan fingerprint density at radius 2 is 2.12 bits per heavy atom. The smallest absolute Gasteiger partial charge is 0.0222 e. The minimum absolute atomic E-state index is 0.494. The fourth-order valence-corrected chi connectivity index (χ4v) is 2.15. The highest BCUT2D eigenvalue weighted by Gasteiger charge is 2.03. The van der Waals surface area contributed by atoms with Gasteiger partial charge in [0.05, 0.1) is 0 Å². The van der Waals surface area contributed by atoms with Crippen LogP contribution < -0.4 is 10.6 Å². The molecule has 1 aromatic carbocycles. The second-order valence-corrected chi connectivity index (χ2v) is 5.04. The van der Waals surface area contributed by atoms with Gasteiger partial charge in [0, 0.05) is 23.6 Å². The van der Waals surface area contributed by atoms with E-state index in [1.807, 2.05) is 0 Å². The van der Waals surface area contributed by atoms with Crippen LogP contribution in [0.3, 0.4) is 0 Å². The summed E-state index contributed by atoms with van der Waals surface area (Å²) in [5.41, 5.74) is 2.60. The first-order valence-corrected chi connectivity index (χ1v) is 6.62. The van der Waals surface area contributed by atoms with E-state index in [4.69, 9.17) is 0 Å². The average molecular weight is 285 g/mol. The molecule has 0 aromatic heterocycles. The molecular formula is C13H21BrN2. The number of rotatable bonds is 6. The Labute approximate surface area is 107 Å². The summed E-state index contributed by atoms with van der Waals surface area (Å²) in [7, 11) is 0. The van der Waals surface area contributed by atoms with Gasteiger partial charge in [-0.25, -0.2) is 0 Å². The summed E-state index contributed by atoms with van der Waals surface area (Å²) in [6.07, 6.45) is 0. The molecule has 0 fully saturated rings. The van der Waals surface area contributed by atoms with Crippen LogP contribution in [0.4, 0.5) is 0 Å². The van der Waals surface area contributed by atoms with Gasteiger partial charge in [-0.1, -0.05) is 35.0 Å². The van der Waals surface area contributed by atoms with Crippen LogP contribution in [-0.2, 0) is 6.54 Å². The van der Waals surface area contributed by atoms with Crippen molar-refractivity contribution < 1.29 is 0 Å². The maximum atomic E-state index is 3.59. The number of halogens is 1. The highest BCUT2D eigenvalue weighted by Crippen LogP contribution is 2.18. The number of hydrogen-bond donors (Lipinski definition) is 2. The fraction of sp³-hybridized carbons (Fsp3) is 0.538. The Morgan fingerprint density at radius 3 is 2.75 bits per heavy atom. The minimum Gasteiger partial charge on any atom is -0.315 e. The predicted octanol–water partition coefficient (Wildman–Crippen LogP) is 2.85. The summed E-state index contributed by atoms with van der Waals surface area (Å²) >= 11 is 3.59. The van der Waals surface area contributed by atoms with Gasteiger partial charge in [0.15, 0.2) is 0 Å². The van der Waals surface area contributed by atoms with Gasteiger partial charge in [-0.05, 0) is 37.6 Å². The van der Waals surface area contributed by atoms with Crippen LogP contribution in [0.15, 0.2) is 22.7 Å². The Kier molecular flexibility index (Phi) is 6.03. The normalized spacial score (nSPS) is 12.8. The van der Waals surface area contributed by atoms with Crippen LogP contribution in [0.25, 0.3) is 0 Å². The third-order valence-corrected chi connectivity index (χ3v) is 3.29. The van der Waals surface area contributed by atoms with Crippen molar-refractivity contribution in [2.75, 3.05) is 13.1 Å². The lowest BCUT2D eigenvalue weighted by atomic mass is 10.1. The molecule has 0 saturated carbocycles. The van der Waals surface area contributed by atoms with Crippen molar-refractivity contribution in [3.63, 3.8) is 0 Å². The van der Waals surface area contributed by atoms with Crippen molar-refractivity contribution in [2.24, 2.45) is 0 Å². The Balaban J connectivity index is 2.42. The van der Waals surface area contributed by atoms with Crippen molar-refractivity contribution >= 4 is 15.9 Å². The van der Waals surface area contributed by atoms with Gasteiger partial charge in [0.25, 0.3) is 0 Å². The molecule has 0 heterocycles. The maximum Gasteiger partial charge on any atom is 0.0222 e. The summed E-state index contributed by atoms with van der Waals surface area (Å²) in [5, 5.41) is 6.84. The van der Waals surface area contributed by atoms with Crippen molar-refractivity contribution in [3.05, 3.63) is 33.8 Å². The van der Waals surface area contributed by atoms with Gasteiger partial charge in [-0.15, -0.1) is 0 Å². The lowest BCUT2D eigenvalue weighted by Crippen LogP contribution is -2.35. The van der Waals surface area contributed by atoms with Crippen LogP contribution in [0, 0.1) is 6.92 Å².